The van der Waals surface area contributed by atoms with E-state index in [4.69, 9.17) is 0 Å². The molecular weight excluding hydrogens is 339 g/mol. The maximum absolute atomic E-state index is 12.8. The molecule has 1 aliphatic rings. The van der Waals surface area contributed by atoms with Crippen LogP contribution in [-0.2, 0) is 11.0 Å². The molecule has 2 aromatic rings. The number of halogens is 3. The molecule has 0 spiro atoms. The summed E-state index contributed by atoms with van der Waals surface area (Å²) in [6, 6.07) is 5.85. The lowest BCUT2D eigenvalue weighted by molar-refractivity contribution is -0.148. The average molecular weight is 353 g/mol. The van der Waals surface area contributed by atoms with Gasteiger partial charge < -0.3 is 10.4 Å². The summed E-state index contributed by atoms with van der Waals surface area (Å²) in [7, 11) is 0. The SMILES string of the molecule is O=C(NC1(C(=O)O)CCC1)c1ccn(-c2cccc(C(F)(F)F)c2)n1. The number of rotatable bonds is 4. The van der Waals surface area contributed by atoms with Crippen molar-refractivity contribution in [2.45, 2.75) is 31.0 Å². The fraction of sp³-hybridized carbons (Fsp3) is 0.312. The molecule has 0 saturated heterocycles. The molecular formula is C16H14F3N3O3. The first kappa shape index (κ1) is 17.0. The molecule has 9 heteroatoms. The average Bonchev–Trinajstić information content (AvgIpc) is 2.99. The third-order valence-electron chi connectivity index (χ3n) is 4.23. The van der Waals surface area contributed by atoms with Crippen molar-refractivity contribution in [2.75, 3.05) is 0 Å². The van der Waals surface area contributed by atoms with Crippen LogP contribution >= 0.6 is 0 Å². The van der Waals surface area contributed by atoms with Crippen LogP contribution in [0.15, 0.2) is 36.5 Å². The zero-order valence-electron chi connectivity index (χ0n) is 12.9. The second kappa shape index (κ2) is 5.91. The number of nitrogens with one attached hydrogen (secondary N) is 1. The molecule has 132 valence electrons. The molecule has 25 heavy (non-hydrogen) atoms. The number of carboxylic acids is 1. The van der Waals surface area contributed by atoms with E-state index in [1.54, 1.807) is 0 Å². The molecule has 1 aromatic carbocycles. The molecule has 6 nitrogen and oxygen atoms in total. The second-order valence-electron chi connectivity index (χ2n) is 5.89. The number of aromatic nitrogens is 2. The van der Waals surface area contributed by atoms with Crippen LogP contribution in [0.4, 0.5) is 13.2 Å². The van der Waals surface area contributed by atoms with Gasteiger partial charge in [-0.2, -0.15) is 18.3 Å². The Balaban J connectivity index is 1.81. The van der Waals surface area contributed by atoms with Gasteiger partial charge in [0.2, 0.25) is 0 Å². The predicted molar refractivity (Wildman–Crippen MR) is 80.3 cm³/mol. The summed E-state index contributed by atoms with van der Waals surface area (Å²) >= 11 is 0. The summed E-state index contributed by atoms with van der Waals surface area (Å²) in [5.41, 5.74) is -2.03. The number of carbonyl (C=O) groups is 2. The normalized spacial score (nSPS) is 16.1. The van der Waals surface area contributed by atoms with Gasteiger partial charge in [-0.3, -0.25) is 4.79 Å². The zero-order chi connectivity index (χ0) is 18.2. The standard InChI is InChI=1S/C16H14F3N3O3/c17-16(18,19)10-3-1-4-11(9-10)22-8-5-12(21-22)13(23)20-15(14(24)25)6-2-7-15/h1,3-5,8-9H,2,6-7H2,(H,20,23)(H,24,25). The summed E-state index contributed by atoms with van der Waals surface area (Å²) in [5, 5.41) is 15.6. The Labute approximate surface area is 140 Å². The van der Waals surface area contributed by atoms with Gasteiger partial charge in [-0.15, -0.1) is 0 Å². The highest BCUT2D eigenvalue weighted by Crippen LogP contribution is 2.32. The molecule has 1 aromatic heterocycles. The summed E-state index contributed by atoms with van der Waals surface area (Å²) in [5.74, 6) is -1.78. The van der Waals surface area contributed by atoms with Crippen LogP contribution in [0.3, 0.4) is 0 Å². The molecule has 0 radical (unpaired) electrons. The van der Waals surface area contributed by atoms with Crippen molar-refractivity contribution >= 4 is 11.9 Å². The molecule has 3 rings (SSSR count). The first-order chi connectivity index (χ1) is 11.7. The van der Waals surface area contributed by atoms with Gasteiger partial charge in [-0.05, 0) is 43.5 Å². The largest absolute Gasteiger partial charge is 0.480 e. The fourth-order valence-corrected chi connectivity index (χ4v) is 2.62. The third kappa shape index (κ3) is 3.21. The number of carboxylic acid groups (broad SMARTS) is 1. The van der Waals surface area contributed by atoms with E-state index in [1.165, 1.54) is 24.4 Å². The van der Waals surface area contributed by atoms with Crippen molar-refractivity contribution in [3.63, 3.8) is 0 Å². The van der Waals surface area contributed by atoms with Gasteiger partial charge in [-0.25, -0.2) is 9.48 Å². The zero-order valence-corrected chi connectivity index (χ0v) is 12.9. The van der Waals surface area contributed by atoms with Crippen LogP contribution in [0.25, 0.3) is 5.69 Å². The summed E-state index contributed by atoms with van der Waals surface area (Å²) < 4.78 is 39.5. The van der Waals surface area contributed by atoms with Crippen molar-refractivity contribution in [1.82, 2.24) is 15.1 Å². The van der Waals surface area contributed by atoms with Gasteiger partial charge in [0, 0.05) is 6.20 Å². The highest BCUT2D eigenvalue weighted by molar-refractivity contribution is 5.96. The van der Waals surface area contributed by atoms with E-state index in [0.29, 0.717) is 19.3 Å². The number of nitrogens with zero attached hydrogens (tertiary/aromatic N) is 2. The van der Waals surface area contributed by atoms with Crippen LogP contribution in [0, 0.1) is 0 Å². The number of hydrogen-bond donors (Lipinski definition) is 2. The van der Waals surface area contributed by atoms with Crippen molar-refractivity contribution in [3.8, 4) is 5.69 Å². The Kier molecular flexibility index (Phi) is 4.02. The lowest BCUT2D eigenvalue weighted by atomic mass is 9.76. The number of benzene rings is 1. The van der Waals surface area contributed by atoms with Gasteiger partial charge in [0.25, 0.3) is 5.91 Å². The van der Waals surface area contributed by atoms with Crippen LogP contribution in [-0.4, -0.2) is 32.3 Å². The third-order valence-corrected chi connectivity index (χ3v) is 4.23. The van der Waals surface area contributed by atoms with Gasteiger partial charge in [-0.1, -0.05) is 6.07 Å². The molecule has 0 unspecified atom stereocenters. The molecule has 2 N–H and O–H groups in total. The Morgan fingerprint density at radius 2 is 1.96 bits per heavy atom. The molecule has 1 heterocycles. The topological polar surface area (TPSA) is 84.2 Å². The molecule has 1 amide bonds. The van der Waals surface area contributed by atoms with E-state index in [2.05, 4.69) is 10.4 Å². The van der Waals surface area contributed by atoms with E-state index >= 15 is 0 Å². The van der Waals surface area contributed by atoms with Gasteiger partial charge >= 0.3 is 12.1 Å². The summed E-state index contributed by atoms with van der Waals surface area (Å²) in [4.78, 5) is 23.5. The van der Waals surface area contributed by atoms with Gasteiger partial charge in [0.15, 0.2) is 5.69 Å². The highest BCUT2D eigenvalue weighted by Gasteiger charge is 2.46. The van der Waals surface area contributed by atoms with E-state index in [9.17, 15) is 27.9 Å². The first-order valence-electron chi connectivity index (χ1n) is 7.50. The number of carbonyl (C=O) groups excluding carboxylic acids is 1. The molecule has 0 bridgehead atoms. The van der Waals surface area contributed by atoms with Crippen molar-refractivity contribution in [3.05, 3.63) is 47.8 Å². The molecule has 0 atom stereocenters. The van der Waals surface area contributed by atoms with E-state index in [0.717, 1.165) is 16.8 Å². The maximum atomic E-state index is 12.8. The quantitative estimate of drug-likeness (QED) is 0.885. The number of amides is 1. The van der Waals surface area contributed by atoms with Crippen molar-refractivity contribution < 1.29 is 27.9 Å². The molecule has 1 aliphatic carbocycles. The fourth-order valence-electron chi connectivity index (χ4n) is 2.62. The Morgan fingerprint density at radius 1 is 1.24 bits per heavy atom. The number of hydrogen-bond acceptors (Lipinski definition) is 3. The maximum Gasteiger partial charge on any atom is 0.416 e. The van der Waals surface area contributed by atoms with Crippen molar-refractivity contribution in [2.24, 2.45) is 0 Å². The van der Waals surface area contributed by atoms with Crippen LogP contribution < -0.4 is 5.32 Å². The molecule has 1 saturated carbocycles. The Bertz CT molecular complexity index is 825. The Hall–Kier alpha value is -2.84. The van der Waals surface area contributed by atoms with Crippen LogP contribution in [0.2, 0.25) is 0 Å². The van der Waals surface area contributed by atoms with Crippen molar-refractivity contribution in [1.29, 1.82) is 0 Å². The minimum atomic E-state index is -4.48. The van der Waals surface area contributed by atoms with E-state index in [1.807, 2.05) is 0 Å². The smallest absolute Gasteiger partial charge is 0.416 e. The Morgan fingerprint density at radius 3 is 2.52 bits per heavy atom. The predicted octanol–water partition coefficient (Wildman–Crippen LogP) is 2.63. The van der Waals surface area contributed by atoms with E-state index in [-0.39, 0.29) is 11.4 Å². The van der Waals surface area contributed by atoms with Crippen LogP contribution in [0.5, 0.6) is 0 Å². The minimum Gasteiger partial charge on any atom is -0.480 e. The number of aliphatic carboxylic acids is 1. The van der Waals surface area contributed by atoms with Gasteiger partial charge in [0.05, 0.1) is 11.3 Å². The summed E-state index contributed by atoms with van der Waals surface area (Å²) in [6.07, 6.45) is -1.77. The van der Waals surface area contributed by atoms with E-state index < -0.39 is 29.2 Å². The highest BCUT2D eigenvalue weighted by atomic mass is 19.4. The number of alkyl halides is 3. The van der Waals surface area contributed by atoms with Gasteiger partial charge in [0.1, 0.15) is 5.54 Å². The lowest BCUT2D eigenvalue weighted by Crippen LogP contribution is -2.59. The monoisotopic (exact) mass is 353 g/mol. The minimum absolute atomic E-state index is 0.0649. The molecule has 0 aliphatic heterocycles. The van der Waals surface area contributed by atoms with Crippen LogP contribution in [0.1, 0.15) is 35.3 Å². The second-order valence-corrected chi connectivity index (χ2v) is 5.89. The summed E-state index contributed by atoms with van der Waals surface area (Å²) in [6.45, 7) is 0. The molecule has 1 fully saturated rings. The first-order valence-corrected chi connectivity index (χ1v) is 7.50. The lowest BCUT2D eigenvalue weighted by Gasteiger charge is -2.37.